The van der Waals surface area contributed by atoms with E-state index in [1.54, 1.807) is 19.2 Å². The van der Waals surface area contributed by atoms with Crippen LogP contribution in [0, 0.1) is 0 Å². The van der Waals surface area contributed by atoms with Gasteiger partial charge in [-0.25, -0.2) is 0 Å². The van der Waals surface area contributed by atoms with Crippen molar-refractivity contribution >= 4 is 5.97 Å². The lowest BCUT2D eigenvalue weighted by Crippen LogP contribution is -2.42. The largest absolute Gasteiger partial charge is 0.508 e. The number of carbonyl (C=O) groups is 1. The van der Waals surface area contributed by atoms with Crippen LogP contribution in [0.5, 0.6) is 11.5 Å². The van der Waals surface area contributed by atoms with Crippen LogP contribution in [0.15, 0.2) is 18.2 Å². The Kier molecular flexibility index (Phi) is 5.07. The van der Waals surface area contributed by atoms with Crippen molar-refractivity contribution < 1.29 is 19.7 Å². The number of phenols is 1. The van der Waals surface area contributed by atoms with Gasteiger partial charge in [-0.1, -0.05) is 6.42 Å². The van der Waals surface area contributed by atoms with Gasteiger partial charge in [0.1, 0.15) is 11.5 Å². The Balaban J connectivity index is 2.23. The lowest BCUT2D eigenvalue weighted by Gasteiger charge is -2.39. The Hall–Kier alpha value is -1.75. The highest BCUT2D eigenvalue weighted by molar-refractivity contribution is 5.67. The van der Waals surface area contributed by atoms with Crippen molar-refractivity contribution in [2.24, 2.45) is 0 Å². The zero-order chi connectivity index (χ0) is 15.4. The van der Waals surface area contributed by atoms with E-state index >= 15 is 0 Å². The molecule has 1 aromatic rings. The third-order valence-corrected chi connectivity index (χ3v) is 4.27. The van der Waals surface area contributed by atoms with Crippen molar-refractivity contribution in [3.05, 3.63) is 23.8 Å². The molecule has 1 fully saturated rings. The Morgan fingerprint density at radius 2 is 2.24 bits per heavy atom. The number of phenolic OH excluding ortho intramolecular Hbond substituents is 1. The first-order valence-electron chi connectivity index (χ1n) is 7.37. The molecule has 1 aliphatic heterocycles. The van der Waals surface area contributed by atoms with Crippen LogP contribution in [0.1, 0.15) is 44.2 Å². The SMILES string of the molecule is COc1ccc(O)c(C(C)N2CCCCC2CC(=O)O)c1. The van der Waals surface area contributed by atoms with Crippen LogP contribution in [0.2, 0.25) is 0 Å². The molecule has 0 aromatic heterocycles. The van der Waals surface area contributed by atoms with Crippen LogP contribution in [-0.4, -0.2) is 40.8 Å². The average Bonchev–Trinajstić information content (AvgIpc) is 2.47. The van der Waals surface area contributed by atoms with E-state index in [9.17, 15) is 9.90 Å². The minimum absolute atomic E-state index is 0.0249. The zero-order valence-electron chi connectivity index (χ0n) is 12.6. The number of hydrogen-bond donors (Lipinski definition) is 2. The maximum atomic E-state index is 11.0. The zero-order valence-corrected chi connectivity index (χ0v) is 12.6. The number of hydrogen-bond acceptors (Lipinski definition) is 4. The van der Waals surface area contributed by atoms with Gasteiger partial charge in [-0.2, -0.15) is 0 Å². The van der Waals surface area contributed by atoms with E-state index in [1.165, 1.54) is 0 Å². The summed E-state index contributed by atoms with van der Waals surface area (Å²) in [6, 6.07) is 5.16. The highest BCUT2D eigenvalue weighted by Gasteiger charge is 2.30. The van der Waals surface area contributed by atoms with E-state index in [-0.39, 0.29) is 24.3 Å². The molecule has 0 saturated carbocycles. The molecular weight excluding hydrogens is 270 g/mol. The quantitative estimate of drug-likeness (QED) is 0.873. The number of benzene rings is 1. The van der Waals surface area contributed by atoms with Crippen molar-refractivity contribution in [2.75, 3.05) is 13.7 Å². The summed E-state index contributed by atoms with van der Waals surface area (Å²) in [4.78, 5) is 13.2. The molecule has 1 aromatic carbocycles. The number of aliphatic carboxylic acids is 1. The van der Waals surface area contributed by atoms with Crippen molar-refractivity contribution in [1.82, 2.24) is 4.90 Å². The molecule has 2 N–H and O–H groups in total. The number of piperidine rings is 1. The van der Waals surface area contributed by atoms with E-state index in [2.05, 4.69) is 4.90 Å². The summed E-state index contributed by atoms with van der Waals surface area (Å²) in [5, 5.41) is 19.2. The number of carboxylic acids is 1. The molecule has 0 radical (unpaired) electrons. The highest BCUT2D eigenvalue weighted by Crippen LogP contribution is 2.35. The van der Waals surface area contributed by atoms with Crippen LogP contribution in [-0.2, 0) is 4.79 Å². The molecule has 0 bridgehead atoms. The Labute approximate surface area is 125 Å². The lowest BCUT2D eigenvalue weighted by molar-refractivity contribution is -0.139. The van der Waals surface area contributed by atoms with Gasteiger partial charge in [0.2, 0.25) is 0 Å². The number of likely N-dealkylation sites (tertiary alicyclic amines) is 1. The van der Waals surface area contributed by atoms with Gasteiger partial charge in [-0.15, -0.1) is 0 Å². The minimum atomic E-state index is -0.769. The summed E-state index contributed by atoms with van der Waals surface area (Å²) in [5.74, 6) is 0.151. The van der Waals surface area contributed by atoms with Crippen molar-refractivity contribution in [3.8, 4) is 11.5 Å². The average molecular weight is 293 g/mol. The number of ether oxygens (including phenoxy) is 1. The molecule has 2 atom stereocenters. The van der Waals surface area contributed by atoms with E-state index in [0.29, 0.717) is 5.75 Å². The smallest absolute Gasteiger partial charge is 0.304 e. The summed E-state index contributed by atoms with van der Waals surface area (Å²) >= 11 is 0. The van der Waals surface area contributed by atoms with E-state index in [1.807, 2.05) is 13.0 Å². The Bertz CT molecular complexity index is 503. The van der Waals surface area contributed by atoms with E-state index in [0.717, 1.165) is 31.4 Å². The number of nitrogens with zero attached hydrogens (tertiary/aromatic N) is 1. The summed E-state index contributed by atoms with van der Waals surface area (Å²) in [7, 11) is 1.59. The van der Waals surface area contributed by atoms with Crippen molar-refractivity contribution in [2.45, 2.75) is 44.7 Å². The molecule has 2 unspecified atom stereocenters. The van der Waals surface area contributed by atoms with Gasteiger partial charge in [0.15, 0.2) is 0 Å². The molecule has 0 spiro atoms. The Morgan fingerprint density at radius 3 is 2.90 bits per heavy atom. The first-order valence-corrected chi connectivity index (χ1v) is 7.37. The first kappa shape index (κ1) is 15.6. The molecule has 5 heteroatoms. The molecule has 116 valence electrons. The molecule has 5 nitrogen and oxygen atoms in total. The number of carboxylic acid groups (broad SMARTS) is 1. The van der Waals surface area contributed by atoms with Crippen molar-refractivity contribution in [1.29, 1.82) is 0 Å². The lowest BCUT2D eigenvalue weighted by atomic mass is 9.94. The molecule has 21 heavy (non-hydrogen) atoms. The van der Waals surface area contributed by atoms with Crippen molar-refractivity contribution in [3.63, 3.8) is 0 Å². The number of methoxy groups -OCH3 is 1. The fraction of sp³-hybridized carbons (Fsp3) is 0.562. The molecule has 2 rings (SSSR count). The van der Waals surface area contributed by atoms with Gasteiger partial charge < -0.3 is 14.9 Å². The first-order chi connectivity index (χ1) is 10.0. The van der Waals surface area contributed by atoms with E-state index in [4.69, 9.17) is 9.84 Å². The fourth-order valence-corrected chi connectivity index (χ4v) is 3.13. The summed E-state index contributed by atoms with van der Waals surface area (Å²) in [5.41, 5.74) is 0.784. The van der Waals surface area contributed by atoms with Crippen LogP contribution >= 0.6 is 0 Å². The van der Waals surface area contributed by atoms with Gasteiger partial charge in [0.25, 0.3) is 0 Å². The summed E-state index contributed by atoms with van der Waals surface area (Å²) in [6.07, 6.45) is 3.16. The normalized spacial score (nSPS) is 21.0. The van der Waals surface area contributed by atoms with Gasteiger partial charge in [0, 0.05) is 17.6 Å². The second-order valence-electron chi connectivity index (χ2n) is 5.59. The molecule has 1 aliphatic rings. The van der Waals surface area contributed by atoms with Gasteiger partial charge in [-0.05, 0) is 44.5 Å². The third kappa shape index (κ3) is 3.67. The van der Waals surface area contributed by atoms with Gasteiger partial charge in [-0.3, -0.25) is 9.69 Å². The standard InChI is InChI=1S/C16H23NO4/c1-11(14-10-13(21-2)6-7-15(14)18)17-8-4-3-5-12(17)9-16(19)20/h6-7,10-12,18H,3-5,8-9H2,1-2H3,(H,19,20). The fourth-order valence-electron chi connectivity index (χ4n) is 3.13. The second kappa shape index (κ2) is 6.80. The van der Waals surface area contributed by atoms with Crippen LogP contribution < -0.4 is 4.74 Å². The molecule has 0 aliphatic carbocycles. The van der Waals surface area contributed by atoms with Crippen LogP contribution in [0.25, 0.3) is 0 Å². The van der Waals surface area contributed by atoms with Gasteiger partial charge >= 0.3 is 5.97 Å². The monoisotopic (exact) mass is 293 g/mol. The Morgan fingerprint density at radius 1 is 1.48 bits per heavy atom. The maximum absolute atomic E-state index is 11.0. The summed E-state index contributed by atoms with van der Waals surface area (Å²) in [6.45, 7) is 2.87. The molecular formula is C16H23NO4. The molecule has 1 heterocycles. The molecule has 0 amide bonds. The predicted octanol–water partition coefficient (Wildman–Crippen LogP) is 2.79. The van der Waals surface area contributed by atoms with E-state index < -0.39 is 5.97 Å². The predicted molar refractivity (Wildman–Crippen MR) is 79.7 cm³/mol. The van der Waals surface area contributed by atoms with Crippen LogP contribution in [0.3, 0.4) is 0 Å². The number of aromatic hydroxyl groups is 1. The van der Waals surface area contributed by atoms with Crippen LogP contribution in [0.4, 0.5) is 0 Å². The maximum Gasteiger partial charge on any atom is 0.304 e. The third-order valence-electron chi connectivity index (χ3n) is 4.27. The number of rotatable bonds is 5. The summed E-state index contributed by atoms with van der Waals surface area (Å²) < 4.78 is 5.21. The second-order valence-corrected chi connectivity index (χ2v) is 5.59. The topological polar surface area (TPSA) is 70.0 Å². The highest BCUT2D eigenvalue weighted by atomic mass is 16.5. The minimum Gasteiger partial charge on any atom is -0.508 e. The molecule has 1 saturated heterocycles. The van der Waals surface area contributed by atoms with Gasteiger partial charge in [0.05, 0.1) is 13.5 Å².